The predicted octanol–water partition coefficient (Wildman–Crippen LogP) is 0.604. The number of nitrogens with zero attached hydrogens (tertiary/aromatic N) is 8. The lowest BCUT2D eigenvalue weighted by Gasteiger charge is -2.34. The standard InChI is InChI=1S/C18H25N9O/c1-24(2)15-9-14(19-11-20-15)22-12-5-7-27(8-6-12)18-23-16-13(10-21-26(16)4)17(28)25(18)3/h9-12H,5-8H2,1-4H3,(H,19,20,22). The van der Waals surface area contributed by atoms with Crippen molar-refractivity contribution in [1.29, 1.82) is 0 Å². The van der Waals surface area contributed by atoms with Gasteiger partial charge in [0.05, 0.1) is 6.20 Å². The smallest absolute Gasteiger partial charge is 0.265 e. The van der Waals surface area contributed by atoms with E-state index in [-0.39, 0.29) is 5.56 Å². The van der Waals surface area contributed by atoms with Crippen LogP contribution in [0.1, 0.15) is 12.8 Å². The fourth-order valence-corrected chi connectivity index (χ4v) is 3.54. The molecule has 1 aliphatic heterocycles. The van der Waals surface area contributed by atoms with Crippen molar-refractivity contribution in [3.05, 3.63) is 28.9 Å². The largest absolute Gasteiger partial charge is 0.367 e. The summed E-state index contributed by atoms with van der Waals surface area (Å²) < 4.78 is 3.26. The molecule has 0 unspecified atom stereocenters. The predicted molar refractivity (Wildman–Crippen MR) is 109 cm³/mol. The van der Waals surface area contributed by atoms with E-state index in [1.54, 1.807) is 35.9 Å². The first-order chi connectivity index (χ1) is 13.4. The maximum Gasteiger partial charge on any atom is 0.265 e. The van der Waals surface area contributed by atoms with Crippen LogP contribution in [0.5, 0.6) is 0 Å². The lowest BCUT2D eigenvalue weighted by molar-refractivity contribution is 0.512. The summed E-state index contributed by atoms with van der Waals surface area (Å²) >= 11 is 0. The van der Waals surface area contributed by atoms with Crippen LogP contribution in [0.15, 0.2) is 23.4 Å². The summed E-state index contributed by atoms with van der Waals surface area (Å²) in [6, 6.07) is 2.27. The summed E-state index contributed by atoms with van der Waals surface area (Å²) in [5.41, 5.74) is 0.557. The monoisotopic (exact) mass is 383 g/mol. The molecule has 0 aromatic carbocycles. The van der Waals surface area contributed by atoms with Crippen molar-refractivity contribution in [2.75, 3.05) is 42.3 Å². The Bertz CT molecular complexity index is 1050. The number of hydrogen-bond donors (Lipinski definition) is 1. The highest BCUT2D eigenvalue weighted by Crippen LogP contribution is 2.21. The molecule has 0 aliphatic carbocycles. The summed E-state index contributed by atoms with van der Waals surface area (Å²) in [5, 5.41) is 8.21. The summed E-state index contributed by atoms with van der Waals surface area (Å²) in [6.07, 6.45) is 5.02. The summed E-state index contributed by atoms with van der Waals surface area (Å²) in [6.45, 7) is 1.62. The fraction of sp³-hybridized carbons (Fsp3) is 0.500. The van der Waals surface area contributed by atoms with Gasteiger partial charge < -0.3 is 15.1 Å². The van der Waals surface area contributed by atoms with Crippen molar-refractivity contribution in [3.8, 4) is 0 Å². The first kappa shape index (κ1) is 18.2. The highest BCUT2D eigenvalue weighted by molar-refractivity contribution is 5.74. The molecule has 1 N–H and O–H groups in total. The van der Waals surface area contributed by atoms with Gasteiger partial charge in [-0.2, -0.15) is 10.1 Å². The molecule has 0 bridgehead atoms. The van der Waals surface area contributed by atoms with Gasteiger partial charge in [0, 0.05) is 53.4 Å². The minimum absolute atomic E-state index is 0.0643. The second-order valence-corrected chi connectivity index (χ2v) is 7.34. The molecule has 0 radical (unpaired) electrons. The molecule has 0 atom stereocenters. The highest BCUT2D eigenvalue weighted by Gasteiger charge is 2.23. The van der Waals surface area contributed by atoms with Crippen LogP contribution in [0.2, 0.25) is 0 Å². The van der Waals surface area contributed by atoms with E-state index in [9.17, 15) is 4.79 Å². The minimum atomic E-state index is -0.0643. The molecular formula is C18H25N9O. The van der Waals surface area contributed by atoms with E-state index in [0.29, 0.717) is 23.0 Å². The van der Waals surface area contributed by atoms with Gasteiger partial charge >= 0.3 is 0 Å². The van der Waals surface area contributed by atoms with E-state index in [1.807, 2.05) is 25.1 Å². The third kappa shape index (κ3) is 3.25. The quantitative estimate of drug-likeness (QED) is 0.700. The van der Waals surface area contributed by atoms with Crippen LogP contribution in [-0.4, -0.2) is 62.5 Å². The second kappa shape index (κ2) is 7.10. The topological polar surface area (TPSA) is 97.0 Å². The minimum Gasteiger partial charge on any atom is -0.367 e. The number of hydrogen-bond acceptors (Lipinski definition) is 8. The van der Waals surface area contributed by atoms with E-state index in [4.69, 9.17) is 4.98 Å². The summed E-state index contributed by atoms with van der Waals surface area (Å²) in [5.74, 6) is 2.40. The molecule has 0 spiro atoms. The molecule has 3 aromatic rings. The normalized spacial score (nSPS) is 15.2. The first-order valence-electron chi connectivity index (χ1n) is 9.33. The molecule has 1 saturated heterocycles. The average molecular weight is 383 g/mol. The fourth-order valence-electron chi connectivity index (χ4n) is 3.54. The van der Waals surface area contributed by atoms with Crippen LogP contribution in [0.25, 0.3) is 11.0 Å². The Morgan fingerprint density at radius 1 is 1.18 bits per heavy atom. The molecule has 1 fully saturated rings. The van der Waals surface area contributed by atoms with Crippen molar-refractivity contribution < 1.29 is 0 Å². The molecule has 3 aromatic heterocycles. The van der Waals surface area contributed by atoms with Crippen LogP contribution in [0.4, 0.5) is 17.6 Å². The van der Waals surface area contributed by atoms with Crippen LogP contribution < -0.4 is 20.7 Å². The van der Waals surface area contributed by atoms with Crippen molar-refractivity contribution in [3.63, 3.8) is 0 Å². The third-order valence-electron chi connectivity index (χ3n) is 5.19. The van der Waals surface area contributed by atoms with Gasteiger partial charge in [-0.3, -0.25) is 14.0 Å². The van der Waals surface area contributed by atoms with Crippen molar-refractivity contribution in [1.82, 2.24) is 29.3 Å². The van der Waals surface area contributed by atoms with Crippen LogP contribution in [-0.2, 0) is 14.1 Å². The Hall–Kier alpha value is -3.17. The van der Waals surface area contributed by atoms with Gasteiger partial charge in [0.25, 0.3) is 5.56 Å². The van der Waals surface area contributed by atoms with Gasteiger partial charge in [0.15, 0.2) is 5.65 Å². The molecule has 0 saturated carbocycles. The van der Waals surface area contributed by atoms with E-state index >= 15 is 0 Å². The molecule has 28 heavy (non-hydrogen) atoms. The molecule has 148 valence electrons. The van der Waals surface area contributed by atoms with Crippen LogP contribution in [0, 0.1) is 0 Å². The van der Waals surface area contributed by atoms with Gasteiger partial charge in [-0.05, 0) is 12.8 Å². The zero-order valence-corrected chi connectivity index (χ0v) is 16.6. The Labute approximate surface area is 162 Å². The van der Waals surface area contributed by atoms with Crippen molar-refractivity contribution >= 4 is 28.6 Å². The Morgan fingerprint density at radius 3 is 2.64 bits per heavy atom. The molecule has 0 amide bonds. The molecule has 10 nitrogen and oxygen atoms in total. The maximum absolute atomic E-state index is 12.6. The molecular weight excluding hydrogens is 358 g/mol. The Morgan fingerprint density at radius 2 is 1.93 bits per heavy atom. The van der Waals surface area contributed by atoms with Crippen LogP contribution >= 0.6 is 0 Å². The Kier molecular flexibility index (Phi) is 4.62. The first-order valence-corrected chi connectivity index (χ1v) is 9.33. The number of aromatic nitrogens is 6. The number of piperidine rings is 1. The van der Waals surface area contributed by atoms with Gasteiger partial charge in [0.1, 0.15) is 23.3 Å². The summed E-state index contributed by atoms with van der Waals surface area (Å²) in [7, 11) is 7.49. The van der Waals surface area contributed by atoms with Gasteiger partial charge in [0.2, 0.25) is 5.95 Å². The van der Waals surface area contributed by atoms with Crippen molar-refractivity contribution in [2.24, 2.45) is 14.1 Å². The number of aryl methyl sites for hydroxylation is 1. The number of fused-ring (bicyclic) bond motifs is 1. The lowest BCUT2D eigenvalue weighted by atomic mass is 10.1. The average Bonchev–Trinajstić information content (AvgIpc) is 3.06. The SMILES string of the molecule is CN(C)c1cc(NC2CCN(c3nc4c(cnn4C)c(=O)n3C)CC2)ncn1. The zero-order chi connectivity index (χ0) is 19.8. The third-order valence-corrected chi connectivity index (χ3v) is 5.19. The zero-order valence-electron chi connectivity index (χ0n) is 16.6. The molecule has 1 aliphatic rings. The van der Waals surface area contributed by atoms with E-state index < -0.39 is 0 Å². The molecule has 10 heteroatoms. The Balaban J connectivity index is 1.48. The van der Waals surface area contributed by atoms with Gasteiger partial charge in [-0.25, -0.2) is 9.97 Å². The number of rotatable bonds is 4. The number of nitrogens with one attached hydrogen (secondary N) is 1. The van der Waals surface area contributed by atoms with Gasteiger partial charge in [-0.1, -0.05) is 0 Å². The molecule has 4 rings (SSSR count). The van der Waals surface area contributed by atoms with Crippen molar-refractivity contribution in [2.45, 2.75) is 18.9 Å². The van der Waals surface area contributed by atoms with Gasteiger partial charge in [-0.15, -0.1) is 0 Å². The number of anilines is 3. The van der Waals surface area contributed by atoms with E-state index in [0.717, 1.165) is 37.6 Å². The van der Waals surface area contributed by atoms with E-state index in [1.165, 1.54) is 0 Å². The van der Waals surface area contributed by atoms with E-state index in [2.05, 4.69) is 25.3 Å². The summed E-state index contributed by atoms with van der Waals surface area (Å²) in [4.78, 5) is 30.0. The maximum atomic E-state index is 12.6. The second-order valence-electron chi connectivity index (χ2n) is 7.34. The molecule has 4 heterocycles. The van der Waals surface area contributed by atoms with Crippen LogP contribution in [0.3, 0.4) is 0 Å². The lowest BCUT2D eigenvalue weighted by Crippen LogP contribution is -2.42. The highest BCUT2D eigenvalue weighted by atomic mass is 16.1.